The lowest BCUT2D eigenvalue weighted by molar-refractivity contribution is 0.101. The molecule has 1 saturated heterocycles. The quantitative estimate of drug-likeness (QED) is 0.659. The van der Waals surface area contributed by atoms with Gasteiger partial charge in [-0.2, -0.15) is 0 Å². The number of anilines is 1. The number of benzene rings is 1. The Hall–Kier alpha value is -1.35. The zero-order chi connectivity index (χ0) is 13.0. The molecule has 2 N–H and O–H groups in total. The van der Waals surface area contributed by atoms with Gasteiger partial charge in [-0.15, -0.1) is 0 Å². The molecule has 0 aromatic heterocycles. The van der Waals surface area contributed by atoms with Gasteiger partial charge in [-0.25, -0.2) is 0 Å². The second-order valence-electron chi connectivity index (χ2n) is 5.16. The number of Topliss-reactive ketones (excluding diaryl/α,β-unsaturated/α-hetero) is 1. The molecular weight excluding hydrogens is 224 g/mol. The van der Waals surface area contributed by atoms with Crippen molar-refractivity contribution in [2.24, 2.45) is 0 Å². The number of likely N-dealkylation sites (tertiary alicyclic amines) is 1. The van der Waals surface area contributed by atoms with Gasteiger partial charge in [0.25, 0.3) is 0 Å². The molecule has 1 aromatic rings. The first-order valence-corrected chi connectivity index (χ1v) is 6.78. The van der Waals surface area contributed by atoms with E-state index in [4.69, 9.17) is 5.73 Å². The third kappa shape index (κ3) is 3.33. The van der Waals surface area contributed by atoms with E-state index in [1.54, 1.807) is 6.92 Å². The summed E-state index contributed by atoms with van der Waals surface area (Å²) >= 11 is 0. The summed E-state index contributed by atoms with van der Waals surface area (Å²) in [5.41, 5.74) is 8.65. The number of nitrogens with zero attached hydrogens (tertiary/aromatic N) is 1. The molecule has 18 heavy (non-hydrogen) atoms. The Balaban J connectivity index is 2.11. The van der Waals surface area contributed by atoms with E-state index in [0.29, 0.717) is 0 Å². The monoisotopic (exact) mass is 246 g/mol. The lowest BCUT2D eigenvalue weighted by Crippen LogP contribution is -2.24. The number of rotatable bonds is 3. The maximum Gasteiger partial charge on any atom is 0.159 e. The van der Waals surface area contributed by atoms with Crippen molar-refractivity contribution in [2.45, 2.75) is 39.2 Å². The standard InChI is InChI=1S/C15H22N2O/c1-12(18)13-6-7-15(16)14(10-13)11-17-8-4-2-3-5-9-17/h6-7,10H,2-5,8-9,11,16H2,1H3. The van der Waals surface area contributed by atoms with Gasteiger partial charge >= 0.3 is 0 Å². The fraction of sp³-hybridized carbons (Fsp3) is 0.533. The third-order valence-electron chi connectivity index (χ3n) is 3.64. The Kier molecular flexibility index (Phi) is 4.37. The molecule has 1 aromatic carbocycles. The topological polar surface area (TPSA) is 46.3 Å². The fourth-order valence-corrected chi connectivity index (χ4v) is 2.50. The number of ketones is 1. The Morgan fingerprint density at radius 3 is 2.50 bits per heavy atom. The third-order valence-corrected chi connectivity index (χ3v) is 3.64. The molecule has 3 heteroatoms. The number of carbonyl (C=O) groups is 1. The lowest BCUT2D eigenvalue weighted by atomic mass is 10.1. The maximum atomic E-state index is 11.4. The van der Waals surface area contributed by atoms with E-state index in [2.05, 4.69) is 4.90 Å². The Bertz CT molecular complexity index is 421. The van der Waals surface area contributed by atoms with Gasteiger partial charge in [0.1, 0.15) is 0 Å². The van der Waals surface area contributed by atoms with E-state index < -0.39 is 0 Å². The molecule has 1 aliphatic heterocycles. The highest BCUT2D eigenvalue weighted by Gasteiger charge is 2.12. The summed E-state index contributed by atoms with van der Waals surface area (Å²) in [5, 5.41) is 0. The summed E-state index contributed by atoms with van der Waals surface area (Å²) in [4.78, 5) is 13.8. The molecule has 0 saturated carbocycles. The summed E-state index contributed by atoms with van der Waals surface area (Å²) < 4.78 is 0. The molecule has 0 bridgehead atoms. The van der Waals surface area contributed by atoms with E-state index in [1.807, 2.05) is 18.2 Å². The van der Waals surface area contributed by atoms with E-state index in [-0.39, 0.29) is 5.78 Å². The van der Waals surface area contributed by atoms with Gasteiger partial charge in [0.2, 0.25) is 0 Å². The van der Waals surface area contributed by atoms with Crippen molar-refractivity contribution < 1.29 is 4.79 Å². The number of hydrogen-bond acceptors (Lipinski definition) is 3. The van der Waals surface area contributed by atoms with Crippen LogP contribution in [0, 0.1) is 0 Å². The van der Waals surface area contributed by atoms with Gasteiger partial charge in [-0.05, 0) is 56.6 Å². The zero-order valence-corrected chi connectivity index (χ0v) is 11.1. The molecule has 98 valence electrons. The van der Waals surface area contributed by atoms with Crippen LogP contribution < -0.4 is 5.73 Å². The summed E-state index contributed by atoms with van der Waals surface area (Å²) in [6.07, 6.45) is 5.21. The van der Waals surface area contributed by atoms with Crippen LogP contribution in [0.1, 0.15) is 48.5 Å². The Morgan fingerprint density at radius 2 is 1.89 bits per heavy atom. The van der Waals surface area contributed by atoms with Gasteiger partial charge in [-0.3, -0.25) is 9.69 Å². The van der Waals surface area contributed by atoms with Crippen LogP contribution in [0.4, 0.5) is 5.69 Å². The summed E-state index contributed by atoms with van der Waals surface area (Å²) in [6.45, 7) is 4.75. The predicted molar refractivity (Wildman–Crippen MR) is 74.6 cm³/mol. The molecule has 1 aliphatic rings. The van der Waals surface area contributed by atoms with Crippen LogP contribution in [-0.2, 0) is 6.54 Å². The van der Waals surface area contributed by atoms with Crippen LogP contribution >= 0.6 is 0 Å². The van der Waals surface area contributed by atoms with E-state index in [9.17, 15) is 4.79 Å². The molecule has 0 unspecified atom stereocenters. The van der Waals surface area contributed by atoms with Crippen molar-refractivity contribution in [2.75, 3.05) is 18.8 Å². The van der Waals surface area contributed by atoms with Crippen molar-refractivity contribution in [1.29, 1.82) is 0 Å². The zero-order valence-electron chi connectivity index (χ0n) is 11.1. The minimum atomic E-state index is 0.104. The average molecular weight is 246 g/mol. The maximum absolute atomic E-state index is 11.4. The van der Waals surface area contributed by atoms with E-state index in [0.717, 1.165) is 36.4 Å². The lowest BCUT2D eigenvalue weighted by Gasteiger charge is -2.21. The van der Waals surface area contributed by atoms with Gasteiger partial charge in [-0.1, -0.05) is 12.8 Å². The first kappa shape index (κ1) is 13.1. The molecule has 1 heterocycles. The number of nitrogen functional groups attached to an aromatic ring is 1. The van der Waals surface area contributed by atoms with E-state index in [1.165, 1.54) is 25.7 Å². The van der Waals surface area contributed by atoms with Crippen molar-refractivity contribution in [1.82, 2.24) is 4.90 Å². The molecule has 0 atom stereocenters. The molecule has 0 amide bonds. The van der Waals surface area contributed by atoms with E-state index >= 15 is 0 Å². The van der Waals surface area contributed by atoms with Crippen molar-refractivity contribution in [3.05, 3.63) is 29.3 Å². The summed E-state index contributed by atoms with van der Waals surface area (Å²) in [7, 11) is 0. The first-order valence-electron chi connectivity index (χ1n) is 6.78. The number of carbonyl (C=O) groups excluding carboxylic acids is 1. The second kappa shape index (κ2) is 6.01. The van der Waals surface area contributed by atoms with Crippen LogP contribution in [0.15, 0.2) is 18.2 Å². The molecule has 1 fully saturated rings. The highest BCUT2D eigenvalue weighted by molar-refractivity contribution is 5.94. The normalized spacial score (nSPS) is 17.4. The van der Waals surface area contributed by atoms with Gasteiger partial charge < -0.3 is 5.73 Å². The summed E-state index contributed by atoms with van der Waals surface area (Å²) in [5.74, 6) is 0.104. The van der Waals surface area contributed by atoms with Crippen LogP contribution in [0.25, 0.3) is 0 Å². The molecule has 0 aliphatic carbocycles. The SMILES string of the molecule is CC(=O)c1ccc(N)c(CN2CCCCCC2)c1. The molecule has 0 radical (unpaired) electrons. The second-order valence-corrected chi connectivity index (χ2v) is 5.16. The molecule has 0 spiro atoms. The van der Waals surface area contributed by atoms with Crippen LogP contribution in [-0.4, -0.2) is 23.8 Å². The van der Waals surface area contributed by atoms with Crippen molar-refractivity contribution in [3.8, 4) is 0 Å². The molecular formula is C15H22N2O. The van der Waals surface area contributed by atoms with Crippen molar-refractivity contribution >= 4 is 11.5 Å². The first-order chi connectivity index (χ1) is 8.66. The summed E-state index contributed by atoms with van der Waals surface area (Å²) in [6, 6.07) is 5.61. The van der Waals surface area contributed by atoms with Crippen LogP contribution in [0.5, 0.6) is 0 Å². The number of nitrogens with two attached hydrogens (primary N) is 1. The highest BCUT2D eigenvalue weighted by atomic mass is 16.1. The molecule has 3 nitrogen and oxygen atoms in total. The average Bonchev–Trinajstić information content (AvgIpc) is 2.60. The van der Waals surface area contributed by atoms with Crippen LogP contribution in [0.2, 0.25) is 0 Å². The minimum Gasteiger partial charge on any atom is -0.398 e. The van der Waals surface area contributed by atoms with Gasteiger partial charge in [0, 0.05) is 17.8 Å². The smallest absolute Gasteiger partial charge is 0.159 e. The van der Waals surface area contributed by atoms with Gasteiger partial charge in [0.05, 0.1) is 0 Å². The minimum absolute atomic E-state index is 0.104. The largest absolute Gasteiger partial charge is 0.398 e. The van der Waals surface area contributed by atoms with Crippen molar-refractivity contribution in [3.63, 3.8) is 0 Å². The highest BCUT2D eigenvalue weighted by Crippen LogP contribution is 2.19. The predicted octanol–water partition coefficient (Wildman–Crippen LogP) is 2.85. The molecule has 2 rings (SSSR count). The number of hydrogen-bond donors (Lipinski definition) is 1. The fourth-order valence-electron chi connectivity index (χ4n) is 2.50. The van der Waals surface area contributed by atoms with Crippen LogP contribution in [0.3, 0.4) is 0 Å². The van der Waals surface area contributed by atoms with Gasteiger partial charge in [0.15, 0.2) is 5.78 Å². The Morgan fingerprint density at radius 1 is 1.22 bits per heavy atom. The Labute approximate surface area is 109 Å².